The molecule has 0 bridgehead atoms. The summed E-state index contributed by atoms with van der Waals surface area (Å²) < 4.78 is 10.9. The maximum absolute atomic E-state index is 8.88. The predicted molar refractivity (Wildman–Crippen MR) is 83.4 cm³/mol. The Bertz CT molecular complexity index is 770. The zero-order valence-electron chi connectivity index (χ0n) is 11.4. The first-order valence-electron chi connectivity index (χ1n) is 6.02. The Kier molecular flexibility index (Phi) is 5.10. The smallest absolute Gasteiger partial charge is 0.175 e. The molecule has 0 radical (unpaired) electrons. The number of halogens is 2. The summed E-state index contributed by atoms with van der Waals surface area (Å²) in [6.07, 6.45) is 0. The van der Waals surface area contributed by atoms with E-state index < -0.39 is 0 Å². The van der Waals surface area contributed by atoms with E-state index >= 15 is 0 Å². The van der Waals surface area contributed by atoms with Crippen LogP contribution in [-0.4, -0.2) is 17.5 Å². The molecule has 7 heteroatoms. The van der Waals surface area contributed by atoms with E-state index in [2.05, 4.69) is 5.16 Å². The fourth-order valence-corrected chi connectivity index (χ4v) is 2.05. The molecule has 2 aromatic carbocycles. The van der Waals surface area contributed by atoms with Crippen LogP contribution in [0.2, 0.25) is 5.02 Å². The Labute approximate surface area is 136 Å². The van der Waals surface area contributed by atoms with Gasteiger partial charge in [0.1, 0.15) is 5.75 Å². The number of ether oxygens (including phenoxy) is 2. The minimum Gasteiger partial charge on any atom is -0.493 e. The lowest BCUT2D eigenvalue weighted by Crippen LogP contribution is -1.94. The molecule has 2 aromatic rings. The summed E-state index contributed by atoms with van der Waals surface area (Å²) in [5, 5.41) is 20.6. The number of hydrogen-bond donors (Lipinski definition) is 1. The molecule has 5 nitrogen and oxygen atoms in total. The number of nitrogens with zero attached hydrogens (tertiary/aromatic N) is 2. The molecule has 0 unspecified atom stereocenters. The number of benzene rings is 2. The van der Waals surface area contributed by atoms with Gasteiger partial charge in [-0.3, -0.25) is 0 Å². The summed E-state index contributed by atoms with van der Waals surface area (Å²) in [6, 6.07) is 11.5. The van der Waals surface area contributed by atoms with Crippen LogP contribution in [0.3, 0.4) is 0 Å². The predicted octanol–water partition coefficient (Wildman–Crippen LogP) is 4.39. The van der Waals surface area contributed by atoms with Crippen LogP contribution < -0.4 is 9.47 Å². The largest absolute Gasteiger partial charge is 0.493 e. The molecular weight excluding hydrogens is 327 g/mol. The Morgan fingerprint density at radius 3 is 2.50 bits per heavy atom. The summed E-state index contributed by atoms with van der Waals surface area (Å²) in [4.78, 5) is 0. The highest BCUT2D eigenvalue weighted by Gasteiger charge is 2.11. The van der Waals surface area contributed by atoms with Crippen molar-refractivity contribution in [1.82, 2.24) is 0 Å². The van der Waals surface area contributed by atoms with Gasteiger partial charge in [-0.05, 0) is 30.3 Å². The van der Waals surface area contributed by atoms with Crippen LogP contribution in [0.4, 0.5) is 0 Å². The van der Waals surface area contributed by atoms with Crippen LogP contribution in [0.25, 0.3) is 0 Å². The van der Waals surface area contributed by atoms with Crippen molar-refractivity contribution in [3.8, 4) is 23.3 Å². The Hall–Kier alpha value is -2.42. The zero-order valence-corrected chi connectivity index (χ0v) is 12.9. The van der Waals surface area contributed by atoms with E-state index in [1.165, 1.54) is 13.2 Å². The molecule has 0 aliphatic carbocycles. The van der Waals surface area contributed by atoms with Crippen LogP contribution in [-0.2, 0) is 0 Å². The van der Waals surface area contributed by atoms with Crippen molar-refractivity contribution in [2.75, 3.05) is 7.11 Å². The number of oxime groups is 1. The molecule has 0 atom stereocenters. The molecule has 0 aliphatic heterocycles. The molecule has 112 valence electrons. The van der Waals surface area contributed by atoms with Crippen LogP contribution in [0, 0.1) is 11.3 Å². The molecule has 0 heterocycles. The van der Waals surface area contributed by atoms with Gasteiger partial charge in [-0.25, -0.2) is 0 Å². The van der Waals surface area contributed by atoms with Crippen molar-refractivity contribution < 1.29 is 14.7 Å². The van der Waals surface area contributed by atoms with Gasteiger partial charge in [0.2, 0.25) is 0 Å². The maximum atomic E-state index is 8.88. The first-order valence-corrected chi connectivity index (χ1v) is 6.78. The zero-order chi connectivity index (χ0) is 16.1. The van der Waals surface area contributed by atoms with Gasteiger partial charge < -0.3 is 14.7 Å². The molecule has 0 fully saturated rings. The molecule has 22 heavy (non-hydrogen) atoms. The fourth-order valence-electron chi connectivity index (χ4n) is 1.71. The molecule has 0 saturated heterocycles. The van der Waals surface area contributed by atoms with Crippen molar-refractivity contribution in [2.24, 2.45) is 5.16 Å². The molecule has 0 aliphatic rings. The number of rotatable bonds is 4. The number of nitriles is 1. The molecule has 1 N–H and O–H groups in total. The summed E-state index contributed by atoms with van der Waals surface area (Å²) in [7, 11) is 1.48. The van der Waals surface area contributed by atoms with E-state index in [-0.39, 0.29) is 10.2 Å². The molecule has 0 aromatic heterocycles. The molecule has 2 rings (SSSR count). The second-order valence-electron chi connectivity index (χ2n) is 4.12. The van der Waals surface area contributed by atoms with Crippen LogP contribution in [0.15, 0.2) is 41.6 Å². The molecule has 0 amide bonds. The summed E-state index contributed by atoms with van der Waals surface area (Å²) >= 11 is 11.8. The normalized spacial score (nSPS) is 10.9. The van der Waals surface area contributed by atoms with Crippen LogP contribution >= 0.6 is 23.2 Å². The van der Waals surface area contributed by atoms with Gasteiger partial charge >= 0.3 is 0 Å². The van der Waals surface area contributed by atoms with E-state index in [1.54, 1.807) is 30.3 Å². The third kappa shape index (κ3) is 3.42. The van der Waals surface area contributed by atoms with Crippen molar-refractivity contribution in [3.63, 3.8) is 0 Å². The summed E-state index contributed by atoms with van der Waals surface area (Å²) in [6.45, 7) is 0. The first kappa shape index (κ1) is 16.0. The average Bonchev–Trinajstić information content (AvgIpc) is 2.56. The second kappa shape index (κ2) is 7.03. The minimum absolute atomic E-state index is 0.0793. The van der Waals surface area contributed by atoms with Gasteiger partial charge in [-0.15, -0.1) is 0 Å². The van der Waals surface area contributed by atoms with Gasteiger partial charge in [0.15, 0.2) is 16.7 Å². The number of methoxy groups -OCH3 is 1. The van der Waals surface area contributed by atoms with Crippen molar-refractivity contribution >= 4 is 28.4 Å². The number of hydrogen-bond acceptors (Lipinski definition) is 5. The van der Waals surface area contributed by atoms with E-state index in [4.69, 9.17) is 43.1 Å². The van der Waals surface area contributed by atoms with Crippen LogP contribution in [0.1, 0.15) is 11.1 Å². The van der Waals surface area contributed by atoms with Gasteiger partial charge in [0.05, 0.1) is 23.8 Å². The van der Waals surface area contributed by atoms with E-state index in [9.17, 15) is 0 Å². The van der Waals surface area contributed by atoms with Gasteiger partial charge in [-0.2, -0.15) is 5.26 Å². The van der Waals surface area contributed by atoms with E-state index in [0.29, 0.717) is 28.4 Å². The maximum Gasteiger partial charge on any atom is 0.175 e. The van der Waals surface area contributed by atoms with Crippen molar-refractivity contribution in [1.29, 1.82) is 5.26 Å². The molecule has 0 spiro atoms. The van der Waals surface area contributed by atoms with Crippen molar-refractivity contribution in [3.05, 3.63) is 52.5 Å². The lowest BCUT2D eigenvalue weighted by molar-refractivity contribution is 0.321. The van der Waals surface area contributed by atoms with Crippen molar-refractivity contribution in [2.45, 2.75) is 0 Å². The lowest BCUT2D eigenvalue weighted by atomic mass is 10.2. The Morgan fingerprint density at radius 2 is 1.91 bits per heavy atom. The van der Waals surface area contributed by atoms with E-state index in [0.717, 1.165) is 0 Å². The third-order valence-corrected chi connectivity index (χ3v) is 3.36. The SMILES string of the molecule is COc1cc(C#N)ccc1Oc1ccc(/C(Cl)=N/O)cc1Cl. The highest BCUT2D eigenvalue weighted by molar-refractivity contribution is 6.69. The lowest BCUT2D eigenvalue weighted by Gasteiger charge is -2.12. The Morgan fingerprint density at radius 1 is 1.18 bits per heavy atom. The van der Waals surface area contributed by atoms with Gasteiger partial charge in [0, 0.05) is 11.6 Å². The highest BCUT2D eigenvalue weighted by Crippen LogP contribution is 2.36. The fraction of sp³-hybridized carbons (Fsp3) is 0.0667. The van der Waals surface area contributed by atoms with Crippen LogP contribution in [0.5, 0.6) is 17.2 Å². The van der Waals surface area contributed by atoms with Gasteiger partial charge in [-0.1, -0.05) is 28.4 Å². The Balaban J connectivity index is 2.34. The minimum atomic E-state index is -0.0793. The van der Waals surface area contributed by atoms with E-state index in [1.807, 2.05) is 6.07 Å². The topological polar surface area (TPSA) is 74.8 Å². The summed E-state index contributed by atoms with van der Waals surface area (Å²) in [5.74, 6) is 1.20. The van der Waals surface area contributed by atoms with Gasteiger partial charge in [0.25, 0.3) is 0 Å². The third-order valence-electron chi connectivity index (χ3n) is 2.77. The first-order chi connectivity index (χ1) is 10.6. The average molecular weight is 337 g/mol. The summed E-state index contributed by atoms with van der Waals surface area (Å²) in [5.41, 5.74) is 0.907. The molecular formula is C15H10Cl2N2O3. The quantitative estimate of drug-likeness (QED) is 0.510. The molecule has 0 saturated carbocycles. The highest BCUT2D eigenvalue weighted by atomic mass is 35.5. The standard InChI is InChI=1S/C15H10Cl2N2O3/c1-21-14-6-9(8-18)2-4-13(14)22-12-5-3-10(7-11(12)16)15(17)19-20/h2-7,20H,1H3/b19-15-. The monoisotopic (exact) mass is 336 g/mol. The second-order valence-corrected chi connectivity index (χ2v) is 4.88.